The van der Waals surface area contributed by atoms with Gasteiger partial charge < -0.3 is 9.64 Å². The summed E-state index contributed by atoms with van der Waals surface area (Å²) in [5.41, 5.74) is 1.62. The quantitative estimate of drug-likeness (QED) is 0.625. The van der Waals surface area contributed by atoms with Crippen molar-refractivity contribution in [2.75, 3.05) is 25.1 Å². The summed E-state index contributed by atoms with van der Waals surface area (Å²) in [5.74, 6) is 4.85. The highest BCUT2D eigenvalue weighted by Gasteiger charge is 2.22. The number of rotatable bonds is 3. The standard InChI is InChI=1S/C12H16N2O3/c1-16-12(15)9-2-4-10(5-3-9)14-7-6-11(8-14)17-13/h2-5,11H,6-8,13H2,1H3. The number of ether oxygens (including phenoxy) is 1. The van der Waals surface area contributed by atoms with Crippen molar-refractivity contribution >= 4 is 11.7 Å². The predicted octanol–water partition coefficient (Wildman–Crippen LogP) is 0.942. The number of methoxy groups -OCH3 is 1. The van der Waals surface area contributed by atoms with Crippen molar-refractivity contribution in [2.45, 2.75) is 12.5 Å². The van der Waals surface area contributed by atoms with Crippen LogP contribution in [0.4, 0.5) is 5.69 Å². The Morgan fingerprint density at radius 2 is 2.12 bits per heavy atom. The van der Waals surface area contributed by atoms with Gasteiger partial charge in [0, 0.05) is 18.8 Å². The fourth-order valence-corrected chi connectivity index (χ4v) is 2.00. The summed E-state index contributed by atoms with van der Waals surface area (Å²) in [6.07, 6.45) is 1.02. The number of nitrogens with zero attached hydrogens (tertiary/aromatic N) is 1. The molecule has 1 aromatic carbocycles. The van der Waals surface area contributed by atoms with E-state index < -0.39 is 0 Å². The van der Waals surface area contributed by atoms with Crippen LogP contribution in [0.3, 0.4) is 0 Å². The van der Waals surface area contributed by atoms with Crippen molar-refractivity contribution < 1.29 is 14.4 Å². The summed E-state index contributed by atoms with van der Waals surface area (Å²) in [6, 6.07) is 7.34. The van der Waals surface area contributed by atoms with Crippen molar-refractivity contribution in [3.63, 3.8) is 0 Å². The maximum Gasteiger partial charge on any atom is 0.337 e. The van der Waals surface area contributed by atoms with Gasteiger partial charge in [-0.3, -0.25) is 4.84 Å². The lowest BCUT2D eigenvalue weighted by atomic mass is 10.2. The lowest BCUT2D eigenvalue weighted by Crippen LogP contribution is -2.24. The van der Waals surface area contributed by atoms with Crippen LogP contribution in [-0.4, -0.2) is 32.3 Å². The summed E-state index contributed by atoms with van der Waals surface area (Å²) >= 11 is 0. The molecule has 0 aliphatic carbocycles. The molecule has 0 radical (unpaired) electrons. The lowest BCUT2D eigenvalue weighted by molar-refractivity contribution is 0.0600. The van der Waals surface area contributed by atoms with E-state index in [1.54, 1.807) is 12.1 Å². The van der Waals surface area contributed by atoms with E-state index in [1.807, 2.05) is 12.1 Å². The third kappa shape index (κ3) is 2.57. The monoisotopic (exact) mass is 236 g/mol. The lowest BCUT2D eigenvalue weighted by Gasteiger charge is -2.18. The van der Waals surface area contributed by atoms with Gasteiger partial charge in [0.25, 0.3) is 0 Å². The van der Waals surface area contributed by atoms with Crippen LogP contribution >= 0.6 is 0 Å². The van der Waals surface area contributed by atoms with Gasteiger partial charge in [-0.15, -0.1) is 0 Å². The van der Waals surface area contributed by atoms with Gasteiger partial charge >= 0.3 is 5.97 Å². The zero-order valence-corrected chi connectivity index (χ0v) is 9.76. The van der Waals surface area contributed by atoms with Gasteiger partial charge in [0.05, 0.1) is 18.8 Å². The maximum atomic E-state index is 11.3. The zero-order valence-electron chi connectivity index (χ0n) is 9.76. The van der Waals surface area contributed by atoms with Crippen LogP contribution in [0.15, 0.2) is 24.3 Å². The molecule has 2 rings (SSSR count). The number of anilines is 1. The Kier molecular flexibility index (Phi) is 3.61. The third-order valence-electron chi connectivity index (χ3n) is 2.99. The normalized spacial score (nSPS) is 19.4. The minimum absolute atomic E-state index is 0.0929. The van der Waals surface area contributed by atoms with Crippen LogP contribution < -0.4 is 10.8 Å². The Morgan fingerprint density at radius 1 is 1.41 bits per heavy atom. The summed E-state index contributed by atoms with van der Waals surface area (Å²) in [7, 11) is 1.37. The van der Waals surface area contributed by atoms with E-state index in [0.29, 0.717) is 5.56 Å². The molecule has 0 bridgehead atoms. The zero-order chi connectivity index (χ0) is 12.3. The summed E-state index contributed by atoms with van der Waals surface area (Å²) in [6.45, 7) is 1.70. The molecule has 1 unspecified atom stereocenters. The number of nitrogens with two attached hydrogens (primary N) is 1. The first kappa shape index (κ1) is 11.9. The van der Waals surface area contributed by atoms with E-state index in [1.165, 1.54) is 7.11 Å². The molecule has 1 saturated heterocycles. The van der Waals surface area contributed by atoms with Gasteiger partial charge in [0.15, 0.2) is 0 Å². The number of benzene rings is 1. The highest BCUT2D eigenvalue weighted by molar-refractivity contribution is 5.89. The van der Waals surface area contributed by atoms with E-state index in [-0.39, 0.29) is 12.1 Å². The first-order valence-electron chi connectivity index (χ1n) is 5.53. The number of hydrogen-bond acceptors (Lipinski definition) is 5. The molecule has 1 atom stereocenters. The summed E-state index contributed by atoms with van der Waals surface area (Å²) < 4.78 is 4.65. The van der Waals surface area contributed by atoms with E-state index in [4.69, 9.17) is 10.7 Å². The van der Waals surface area contributed by atoms with E-state index in [9.17, 15) is 4.79 Å². The van der Waals surface area contributed by atoms with Crippen molar-refractivity contribution in [1.82, 2.24) is 0 Å². The van der Waals surface area contributed by atoms with Crippen LogP contribution in [0, 0.1) is 0 Å². The molecular weight excluding hydrogens is 220 g/mol. The number of hydrogen-bond donors (Lipinski definition) is 1. The average Bonchev–Trinajstić information content (AvgIpc) is 2.87. The van der Waals surface area contributed by atoms with E-state index >= 15 is 0 Å². The second-order valence-electron chi connectivity index (χ2n) is 4.03. The SMILES string of the molecule is COC(=O)c1ccc(N2CCC(ON)C2)cc1. The van der Waals surface area contributed by atoms with Gasteiger partial charge in [-0.2, -0.15) is 0 Å². The second-order valence-corrected chi connectivity index (χ2v) is 4.03. The molecule has 0 aromatic heterocycles. The van der Waals surface area contributed by atoms with E-state index in [2.05, 4.69) is 9.64 Å². The van der Waals surface area contributed by atoms with Gasteiger partial charge in [0.1, 0.15) is 0 Å². The van der Waals surface area contributed by atoms with Gasteiger partial charge in [-0.1, -0.05) is 0 Å². The molecule has 0 spiro atoms. The minimum atomic E-state index is -0.318. The van der Waals surface area contributed by atoms with Crippen LogP contribution in [0.25, 0.3) is 0 Å². The van der Waals surface area contributed by atoms with Crippen LogP contribution in [0.2, 0.25) is 0 Å². The molecule has 5 nitrogen and oxygen atoms in total. The Labute approximate surface area is 100 Å². The number of esters is 1. The van der Waals surface area contributed by atoms with Gasteiger partial charge in [-0.25, -0.2) is 10.7 Å². The molecule has 1 fully saturated rings. The fraction of sp³-hybridized carbons (Fsp3) is 0.417. The van der Waals surface area contributed by atoms with Gasteiger partial charge in [-0.05, 0) is 30.7 Å². The van der Waals surface area contributed by atoms with Crippen LogP contribution in [0.1, 0.15) is 16.8 Å². The van der Waals surface area contributed by atoms with Crippen LogP contribution in [0.5, 0.6) is 0 Å². The Morgan fingerprint density at radius 3 is 2.65 bits per heavy atom. The molecular formula is C12H16N2O3. The molecule has 1 heterocycles. The van der Waals surface area contributed by atoms with Crippen molar-refractivity contribution in [2.24, 2.45) is 5.90 Å². The molecule has 1 aromatic rings. The molecule has 2 N–H and O–H groups in total. The highest BCUT2D eigenvalue weighted by atomic mass is 16.6. The van der Waals surface area contributed by atoms with Crippen molar-refractivity contribution in [3.05, 3.63) is 29.8 Å². The second kappa shape index (κ2) is 5.16. The molecule has 92 valence electrons. The predicted molar refractivity (Wildman–Crippen MR) is 63.7 cm³/mol. The molecule has 0 amide bonds. The third-order valence-corrected chi connectivity index (χ3v) is 2.99. The molecule has 17 heavy (non-hydrogen) atoms. The Bertz CT molecular complexity index is 391. The molecule has 1 aliphatic rings. The first-order valence-corrected chi connectivity index (χ1v) is 5.53. The first-order chi connectivity index (χ1) is 8.24. The Hall–Kier alpha value is -1.59. The molecule has 5 heteroatoms. The van der Waals surface area contributed by atoms with Crippen molar-refractivity contribution in [3.8, 4) is 0 Å². The fourth-order valence-electron chi connectivity index (χ4n) is 2.00. The molecule has 1 aliphatic heterocycles. The number of carbonyl (C=O) groups excluding carboxylic acids is 1. The summed E-state index contributed by atoms with van der Waals surface area (Å²) in [5, 5.41) is 0. The topological polar surface area (TPSA) is 64.8 Å². The average molecular weight is 236 g/mol. The minimum Gasteiger partial charge on any atom is -0.465 e. The highest BCUT2D eigenvalue weighted by Crippen LogP contribution is 2.21. The maximum absolute atomic E-state index is 11.3. The van der Waals surface area contributed by atoms with Crippen LogP contribution in [-0.2, 0) is 9.57 Å². The van der Waals surface area contributed by atoms with E-state index in [0.717, 1.165) is 25.2 Å². The summed E-state index contributed by atoms with van der Waals surface area (Å²) in [4.78, 5) is 18.3. The Balaban J connectivity index is 2.06. The van der Waals surface area contributed by atoms with Gasteiger partial charge in [0.2, 0.25) is 0 Å². The van der Waals surface area contributed by atoms with Crippen molar-refractivity contribution in [1.29, 1.82) is 0 Å². The molecule has 0 saturated carbocycles. The number of carbonyl (C=O) groups is 1. The largest absolute Gasteiger partial charge is 0.465 e. The smallest absolute Gasteiger partial charge is 0.337 e.